The topological polar surface area (TPSA) is 38.0 Å². The molecule has 0 radical (unpaired) electrons. The fraction of sp³-hybridized carbons (Fsp3) is 0.357. The summed E-state index contributed by atoms with van der Waals surface area (Å²) in [6.45, 7) is 0. The molecule has 1 aliphatic rings. The first-order valence-corrected chi connectivity index (χ1v) is 6.17. The maximum absolute atomic E-state index is 9.31. The fourth-order valence-electron chi connectivity index (χ4n) is 2.63. The minimum Gasteiger partial charge on any atom is -0.508 e. The fourth-order valence-corrected chi connectivity index (χ4v) is 2.63. The Morgan fingerprint density at radius 2 is 1.82 bits per heavy atom. The van der Waals surface area contributed by atoms with E-state index in [0.717, 1.165) is 11.5 Å². The first-order chi connectivity index (χ1) is 8.34. The molecule has 0 amide bonds. The monoisotopic (exact) mass is 228 g/mol. The lowest BCUT2D eigenvalue weighted by Crippen LogP contribution is -2.04. The van der Waals surface area contributed by atoms with Crippen molar-refractivity contribution in [3.05, 3.63) is 42.5 Å². The predicted molar refractivity (Wildman–Crippen MR) is 66.4 cm³/mol. The van der Waals surface area contributed by atoms with Crippen molar-refractivity contribution in [2.45, 2.75) is 31.6 Å². The smallest absolute Gasteiger partial charge is 0.116 e. The van der Waals surface area contributed by atoms with Crippen LogP contribution in [0.2, 0.25) is 0 Å². The summed E-state index contributed by atoms with van der Waals surface area (Å²) in [7, 11) is 0. The highest BCUT2D eigenvalue weighted by atomic mass is 16.3. The first-order valence-electron chi connectivity index (χ1n) is 6.17. The van der Waals surface area contributed by atoms with E-state index in [0.29, 0.717) is 11.7 Å². The molecule has 0 unspecified atom stereocenters. The quantitative estimate of drug-likeness (QED) is 0.856. The van der Waals surface area contributed by atoms with Gasteiger partial charge in [0.15, 0.2) is 0 Å². The zero-order valence-corrected chi connectivity index (χ0v) is 9.71. The summed E-state index contributed by atoms with van der Waals surface area (Å²) in [5.74, 6) is 2.06. The Kier molecular flexibility index (Phi) is 2.59. The van der Waals surface area contributed by atoms with Gasteiger partial charge in [-0.15, -0.1) is 0 Å². The first kappa shape index (κ1) is 10.4. The molecule has 3 heteroatoms. The number of rotatable bonds is 2. The second-order valence-corrected chi connectivity index (χ2v) is 4.65. The van der Waals surface area contributed by atoms with Crippen molar-refractivity contribution in [2.75, 3.05) is 0 Å². The molecular formula is C14H16N2O. The third-order valence-corrected chi connectivity index (χ3v) is 3.52. The third-order valence-electron chi connectivity index (χ3n) is 3.52. The number of nitrogens with zero attached hydrogens (tertiary/aromatic N) is 2. The zero-order valence-electron chi connectivity index (χ0n) is 9.71. The molecule has 0 saturated heterocycles. The van der Waals surface area contributed by atoms with E-state index >= 15 is 0 Å². The van der Waals surface area contributed by atoms with Crippen molar-refractivity contribution in [1.29, 1.82) is 0 Å². The van der Waals surface area contributed by atoms with Crippen LogP contribution >= 0.6 is 0 Å². The number of aromatic hydroxyl groups is 1. The van der Waals surface area contributed by atoms with Gasteiger partial charge in [0.05, 0.1) is 0 Å². The van der Waals surface area contributed by atoms with Crippen LogP contribution in [-0.2, 0) is 0 Å². The minimum absolute atomic E-state index is 0.302. The lowest BCUT2D eigenvalue weighted by Gasteiger charge is -2.12. The molecule has 1 fully saturated rings. The van der Waals surface area contributed by atoms with E-state index in [1.165, 1.54) is 25.7 Å². The predicted octanol–water partition coefficient (Wildman–Crippen LogP) is 3.24. The van der Waals surface area contributed by atoms with Crippen molar-refractivity contribution in [3.63, 3.8) is 0 Å². The van der Waals surface area contributed by atoms with Gasteiger partial charge in [0.2, 0.25) is 0 Å². The van der Waals surface area contributed by atoms with Crippen LogP contribution in [0.15, 0.2) is 36.7 Å². The van der Waals surface area contributed by atoms with Crippen LogP contribution in [0.5, 0.6) is 5.75 Å². The molecule has 1 heterocycles. The van der Waals surface area contributed by atoms with Crippen LogP contribution in [-0.4, -0.2) is 14.7 Å². The molecule has 1 aromatic heterocycles. The molecule has 3 nitrogen and oxygen atoms in total. The van der Waals surface area contributed by atoms with E-state index in [1.54, 1.807) is 12.1 Å². The molecule has 88 valence electrons. The van der Waals surface area contributed by atoms with E-state index in [4.69, 9.17) is 0 Å². The Bertz CT molecular complexity index is 495. The number of phenolic OH excluding ortho intramolecular Hbond substituents is 1. The third kappa shape index (κ3) is 1.93. The summed E-state index contributed by atoms with van der Waals surface area (Å²) in [6.07, 6.45) is 8.98. The molecule has 2 aromatic rings. The zero-order chi connectivity index (χ0) is 11.7. The normalized spacial score (nSPS) is 16.5. The molecule has 1 aromatic carbocycles. The SMILES string of the molecule is Oc1ccc(-n2ccnc2C2CCCC2)cc1. The lowest BCUT2D eigenvalue weighted by molar-refractivity contribution is 0.475. The largest absolute Gasteiger partial charge is 0.508 e. The standard InChI is InChI=1S/C14H16N2O/c17-13-7-5-12(6-8-13)16-10-9-15-14(16)11-3-1-2-4-11/h5-11,17H,1-4H2. The maximum atomic E-state index is 9.31. The molecule has 0 spiro atoms. The molecule has 0 aliphatic heterocycles. The number of imidazole rings is 1. The lowest BCUT2D eigenvalue weighted by atomic mass is 10.1. The second kappa shape index (κ2) is 4.24. The highest BCUT2D eigenvalue weighted by molar-refractivity contribution is 5.38. The summed E-state index contributed by atoms with van der Waals surface area (Å²) in [4.78, 5) is 4.50. The molecule has 17 heavy (non-hydrogen) atoms. The average Bonchev–Trinajstić information content (AvgIpc) is 3.00. The minimum atomic E-state index is 0.302. The summed E-state index contributed by atoms with van der Waals surface area (Å²) >= 11 is 0. The van der Waals surface area contributed by atoms with Crippen molar-refractivity contribution in [1.82, 2.24) is 9.55 Å². The molecular weight excluding hydrogens is 212 g/mol. The van der Waals surface area contributed by atoms with Crippen molar-refractivity contribution in [2.24, 2.45) is 0 Å². The van der Waals surface area contributed by atoms with Gasteiger partial charge in [0.1, 0.15) is 11.6 Å². The van der Waals surface area contributed by atoms with E-state index in [-0.39, 0.29) is 0 Å². The number of aromatic nitrogens is 2. The summed E-state index contributed by atoms with van der Waals surface area (Å²) in [6, 6.07) is 7.28. The van der Waals surface area contributed by atoms with E-state index in [2.05, 4.69) is 9.55 Å². The van der Waals surface area contributed by atoms with Crippen molar-refractivity contribution in [3.8, 4) is 11.4 Å². The molecule has 1 N–H and O–H groups in total. The van der Waals surface area contributed by atoms with Gasteiger partial charge < -0.3 is 9.67 Å². The summed E-state index contributed by atoms with van der Waals surface area (Å²) in [5, 5.41) is 9.31. The number of benzene rings is 1. The summed E-state index contributed by atoms with van der Waals surface area (Å²) < 4.78 is 2.13. The molecule has 0 atom stereocenters. The second-order valence-electron chi connectivity index (χ2n) is 4.65. The Hall–Kier alpha value is -1.77. The van der Waals surface area contributed by atoms with Crippen molar-refractivity contribution >= 4 is 0 Å². The van der Waals surface area contributed by atoms with Gasteiger partial charge in [-0.05, 0) is 37.1 Å². The van der Waals surface area contributed by atoms with Gasteiger partial charge in [-0.1, -0.05) is 12.8 Å². The average molecular weight is 228 g/mol. The Morgan fingerprint density at radius 1 is 1.12 bits per heavy atom. The van der Waals surface area contributed by atoms with E-state index in [9.17, 15) is 5.11 Å². The van der Waals surface area contributed by atoms with Gasteiger partial charge >= 0.3 is 0 Å². The van der Waals surface area contributed by atoms with E-state index < -0.39 is 0 Å². The summed E-state index contributed by atoms with van der Waals surface area (Å²) in [5.41, 5.74) is 1.07. The van der Waals surface area contributed by atoms with Gasteiger partial charge in [-0.3, -0.25) is 0 Å². The Morgan fingerprint density at radius 3 is 2.53 bits per heavy atom. The Labute approximate surface area is 101 Å². The number of hydrogen-bond donors (Lipinski definition) is 1. The maximum Gasteiger partial charge on any atom is 0.116 e. The molecule has 1 saturated carbocycles. The van der Waals surface area contributed by atoms with Crippen LogP contribution < -0.4 is 0 Å². The van der Waals surface area contributed by atoms with Gasteiger partial charge in [-0.2, -0.15) is 0 Å². The number of hydrogen-bond acceptors (Lipinski definition) is 2. The highest BCUT2D eigenvalue weighted by Crippen LogP contribution is 2.34. The van der Waals surface area contributed by atoms with Gasteiger partial charge in [0, 0.05) is 24.0 Å². The van der Waals surface area contributed by atoms with Crippen LogP contribution in [0.3, 0.4) is 0 Å². The Balaban J connectivity index is 1.97. The molecule has 3 rings (SSSR count). The molecule has 0 bridgehead atoms. The van der Waals surface area contributed by atoms with Crippen LogP contribution in [0, 0.1) is 0 Å². The van der Waals surface area contributed by atoms with E-state index in [1.807, 2.05) is 24.5 Å². The van der Waals surface area contributed by atoms with Gasteiger partial charge in [0.25, 0.3) is 0 Å². The van der Waals surface area contributed by atoms with Crippen LogP contribution in [0.1, 0.15) is 37.4 Å². The van der Waals surface area contributed by atoms with Crippen molar-refractivity contribution < 1.29 is 5.11 Å². The number of phenols is 1. The highest BCUT2D eigenvalue weighted by Gasteiger charge is 2.21. The van der Waals surface area contributed by atoms with Crippen LogP contribution in [0.25, 0.3) is 5.69 Å². The molecule has 1 aliphatic carbocycles. The van der Waals surface area contributed by atoms with Crippen LogP contribution in [0.4, 0.5) is 0 Å². The van der Waals surface area contributed by atoms with Gasteiger partial charge in [-0.25, -0.2) is 4.98 Å².